The fraction of sp³-hybridized carbons (Fsp3) is 0.391. The molecule has 2 aliphatic rings. The van der Waals surface area contributed by atoms with Crippen LogP contribution in [-0.4, -0.2) is 0 Å². The first-order valence-corrected chi connectivity index (χ1v) is 9.54. The van der Waals surface area contributed by atoms with Gasteiger partial charge < -0.3 is 0 Å². The molecule has 0 aliphatic heterocycles. The molecule has 0 unspecified atom stereocenters. The van der Waals surface area contributed by atoms with Crippen molar-refractivity contribution in [3.8, 4) is 0 Å². The molecule has 4 heteroatoms. The van der Waals surface area contributed by atoms with Gasteiger partial charge in [-0.05, 0) is 91.2 Å². The molecule has 0 nitrogen and oxygen atoms in total. The largest absolute Gasteiger partial charge is 0.207 e. The highest BCUT2D eigenvalue weighted by Gasteiger charge is 2.43. The lowest BCUT2D eigenvalue weighted by Crippen LogP contribution is -2.35. The van der Waals surface area contributed by atoms with Gasteiger partial charge in [-0.3, -0.25) is 0 Å². The Morgan fingerprint density at radius 3 is 2.26 bits per heavy atom. The van der Waals surface area contributed by atoms with Crippen LogP contribution in [0, 0.1) is 35.1 Å². The summed E-state index contributed by atoms with van der Waals surface area (Å²) in [6.07, 6.45) is 6.99. The molecule has 1 saturated carbocycles. The summed E-state index contributed by atoms with van der Waals surface area (Å²) < 4.78 is 56.0. The predicted molar refractivity (Wildman–Crippen MR) is 97.5 cm³/mol. The first kappa shape index (κ1) is 18.3. The first-order chi connectivity index (χ1) is 13.0. The number of hydrogen-bond acceptors (Lipinski definition) is 0. The quantitative estimate of drug-likeness (QED) is 0.407. The standard InChI is InChI=1S/C23H22F4/c1-2-3-13-4-5-18-20(23(13)14-8-15(24)10-16(25)9-14)7-6-19-21(18)11-17(26)12-22(19)27/h2-3,8-13,18,20,23H,4-7H2,1H3/t13-,18-,20+,23-/m1/s1. The molecule has 2 aromatic rings. The van der Waals surface area contributed by atoms with Crippen LogP contribution < -0.4 is 0 Å². The van der Waals surface area contributed by atoms with E-state index in [9.17, 15) is 17.6 Å². The van der Waals surface area contributed by atoms with Gasteiger partial charge in [0.15, 0.2) is 0 Å². The monoisotopic (exact) mass is 374 g/mol. The molecule has 0 bridgehead atoms. The zero-order valence-corrected chi connectivity index (χ0v) is 15.2. The number of halogens is 4. The molecule has 142 valence electrons. The average Bonchev–Trinajstić information content (AvgIpc) is 2.60. The summed E-state index contributed by atoms with van der Waals surface area (Å²) in [5.41, 5.74) is 1.99. The second-order valence-electron chi connectivity index (χ2n) is 7.76. The zero-order chi connectivity index (χ0) is 19.1. The van der Waals surface area contributed by atoms with Crippen LogP contribution in [0.1, 0.15) is 54.7 Å². The van der Waals surface area contributed by atoms with E-state index in [0.29, 0.717) is 17.5 Å². The zero-order valence-electron chi connectivity index (χ0n) is 15.2. The lowest BCUT2D eigenvalue weighted by Gasteiger charge is -2.46. The van der Waals surface area contributed by atoms with Crippen LogP contribution in [-0.2, 0) is 6.42 Å². The van der Waals surface area contributed by atoms with E-state index in [4.69, 9.17) is 0 Å². The van der Waals surface area contributed by atoms with Crippen molar-refractivity contribution < 1.29 is 17.6 Å². The van der Waals surface area contributed by atoms with Gasteiger partial charge in [0, 0.05) is 12.1 Å². The highest BCUT2D eigenvalue weighted by molar-refractivity contribution is 5.38. The number of rotatable bonds is 2. The molecule has 0 aromatic heterocycles. The normalized spacial score (nSPS) is 27.4. The maximum absolute atomic E-state index is 14.3. The van der Waals surface area contributed by atoms with Crippen LogP contribution in [0.2, 0.25) is 0 Å². The summed E-state index contributed by atoms with van der Waals surface area (Å²) in [5, 5.41) is 0. The Labute approximate surface area is 156 Å². The second-order valence-corrected chi connectivity index (χ2v) is 7.76. The predicted octanol–water partition coefficient (Wildman–Crippen LogP) is 6.66. The molecule has 4 atom stereocenters. The molecule has 0 amide bonds. The summed E-state index contributed by atoms with van der Waals surface area (Å²) in [6.45, 7) is 1.94. The minimum absolute atomic E-state index is 0.0109. The van der Waals surface area contributed by atoms with Crippen molar-refractivity contribution in [2.45, 2.75) is 44.4 Å². The Balaban J connectivity index is 1.80. The average molecular weight is 374 g/mol. The van der Waals surface area contributed by atoms with Crippen molar-refractivity contribution >= 4 is 0 Å². The Bertz CT molecular complexity index is 866. The van der Waals surface area contributed by atoms with E-state index in [1.54, 1.807) is 0 Å². The summed E-state index contributed by atoms with van der Waals surface area (Å²) in [4.78, 5) is 0. The van der Waals surface area contributed by atoms with E-state index >= 15 is 0 Å². The van der Waals surface area contributed by atoms with Crippen molar-refractivity contribution in [2.24, 2.45) is 11.8 Å². The topological polar surface area (TPSA) is 0 Å². The fourth-order valence-corrected chi connectivity index (χ4v) is 5.35. The highest BCUT2D eigenvalue weighted by atomic mass is 19.1. The summed E-state index contributed by atoms with van der Waals surface area (Å²) in [5.74, 6) is -1.99. The van der Waals surface area contributed by atoms with E-state index in [-0.39, 0.29) is 23.7 Å². The van der Waals surface area contributed by atoms with Crippen molar-refractivity contribution in [1.29, 1.82) is 0 Å². The van der Waals surface area contributed by atoms with Crippen molar-refractivity contribution in [1.82, 2.24) is 0 Å². The lowest BCUT2D eigenvalue weighted by atomic mass is 9.58. The molecule has 0 spiro atoms. The van der Waals surface area contributed by atoms with Gasteiger partial charge in [0.1, 0.15) is 23.3 Å². The lowest BCUT2D eigenvalue weighted by molar-refractivity contribution is 0.193. The minimum Gasteiger partial charge on any atom is -0.207 e. The van der Waals surface area contributed by atoms with Crippen LogP contribution in [0.25, 0.3) is 0 Å². The summed E-state index contributed by atoms with van der Waals surface area (Å²) in [7, 11) is 0. The first-order valence-electron chi connectivity index (χ1n) is 9.54. The molecule has 0 radical (unpaired) electrons. The van der Waals surface area contributed by atoms with Crippen molar-refractivity contribution in [3.63, 3.8) is 0 Å². The van der Waals surface area contributed by atoms with E-state index in [0.717, 1.165) is 37.0 Å². The Kier molecular flexibility index (Phi) is 4.83. The number of allylic oxidation sites excluding steroid dienone is 2. The molecule has 2 aromatic carbocycles. The van der Waals surface area contributed by atoms with E-state index in [2.05, 4.69) is 6.08 Å². The van der Waals surface area contributed by atoms with Crippen LogP contribution in [0.4, 0.5) is 17.6 Å². The minimum atomic E-state index is -0.584. The maximum atomic E-state index is 14.3. The third-order valence-electron chi connectivity index (χ3n) is 6.28. The Morgan fingerprint density at radius 2 is 1.56 bits per heavy atom. The van der Waals surface area contributed by atoms with E-state index in [1.807, 2.05) is 13.0 Å². The van der Waals surface area contributed by atoms with Gasteiger partial charge in [-0.1, -0.05) is 12.2 Å². The van der Waals surface area contributed by atoms with Crippen LogP contribution in [0.3, 0.4) is 0 Å². The molecule has 1 fully saturated rings. The van der Waals surface area contributed by atoms with Crippen LogP contribution in [0.5, 0.6) is 0 Å². The number of hydrogen-bond donors (Lipinski definition) is 0. The molecular weight excluding hydrogens is 352 g/mol. The van der Waals surface area contributed by atoms with Crippen molar-refractivity contribution in [2.75, 3.05) is 0 Å². The van der Waals surface area contributed by atoms with Gasteiger partial charge >= 0.3 is 0 Å². The highest BCUT2D eigenvalue weighted by Crippen LogP contribution is 2.54. The number of benzene rings is 2. The maximum Gasteiger partial charge on any atom is 0.129 e. The van der Waals surface area contributed by atoms with Crippen LogP contribution in [0.15, 0.2) is 42.5 Å². The Hall–Kier alpha value is -2.10. The molecule has 0 N–H and O–H groups in total. The molecule has 0 saturated heterocycles. The Morgan fingerprint density at radius 1 is 0.852 bits per heavy atom. The molecule has 2 aliphatic carbocycles. The molecule has 0 heterocycles. The van der Waals surface area contributed by atoms with Gasteiger partial charge in [-0.2, -0.15) is 0 Å². The van der Waals surface area contributed by atoms with Crippen molar-refractivity contribution in [3.05, 3.63) is 82.4 Å². The van der Waals surface area contributed by atoms with E-state index in [1.165, 1.54) is 18.2 Å². The smallest absolute Gasteiger partial charge is 0.129 e. The van der Waals surface area contributed by atoms with E-state index < -0.39 is 23.3 Å². The van der Waals surface area contributed by atoms with Gasteiger partial charge in [0.25, 0.3) is 0 Å². The molecule has 4 rings (SSSR count). The molecule has 27 heavy (non-hydrogen) atoms. The fourth-order valence-electron chi connectivity index (χ4n) is 5.35. The number of fused-ring (bicyclic) bond motifs is 3. The third kappa shape index (κ3) is 3.30. The SMILES string of the molecule is CC=C[C@@H]1CC[C@H]2c3cc(F)cc(F)c3CC[C@@H]2[C@H]1c1cc(F)cc(F)c1. The van der Waals surface area contributed by atoms with Gasteiger partial charge in [-0.15, -0.1) is 0 Å². The van der Waals surface area contributed by atoms with Gasteiger partial charge in [0.2, 0.25) is 0 Å². The summed E-state index contributed by atoms with van der Waals surface area (Å²) >= 11 is 0. The third-order valence-corrected chi connectivity index (χ3v) is 6.28. The second kappa shape index (κ2) is 7.14. The van der Waals surface area contributed by atoms with Crippen LogP contribution >= 0.6 is 0 Å². The summed E-state index contributed by atoms with van der Waals surface area (Å²) in [6, 6.07) is 6.11. The van der Waals surface area contributed by atoms with Gasteiger partial charge in [0.05, 0.1) is 0 Å². The van der Waals surface area contributed by atoms with Gasteiger partial charge in [-0.25, -0.2) is 17.6 Å². The molecular formula is C23H22F4.